The molecule has 7 nitrogen and oxygen atoms in total. The monoisotopic (exact) mass is 557 g/mol. The lowest BCUT2D eigenvalue weighted by Crippen LogP contribution is -2.50. The fourth-order valence-corrected chi connectivity index (χ4v) is 6.22. The third-order valence-corrected chi connectivity index (χ3v) is 8.34. The van der Waals surface area contributed by atoms with Crippen molar-refractivity contribution in [2.75, 3.05) is 13.2 Å². The van der Waals surface area contributed by atoms with Crippen molar-refractivity contribution in [1.29, 1.82) is 0 Å². The standard InChI is InChI=1S/C34H39NO6/c36-33(39-24-28-17-9-3-10-18-28)35-21-29(37-22-26-13-5-1-6-14-26)32(38-23-27-15-7-2-8-16-27)31(35)30-25-40-34(41-30)19-11-4-12-20-34/h1-3,5-10,13-18,29-32H,4,11-12,19-25H2/t29-,30-,31+,32-/m1/s1. The van der Waals surface area contributed by atoms with Gasteiger partial charge in [0.05, 0.1) is 32.4 Å². The van der Waals surface area contributed by atoms with E-state index >= 15 is 0 Å². The molecule has 0 bridgehead atoms. The normalized spacial score (nSPS) is 25.4. The van der Waals surface area contributed by atoms with Gasteiger partial charge >= 0.3 is 6.09 Å². The van der Waals surface area contributed by atoms with Crippen molar-refractivity contribution in [2.24, 2.45) is 0 Å². The zero-order valence-electron chi connectivity index (χ0n) is 23.4. The molecule has 3 aromatic carbocycles. The summed E-state index contributed by atoms with van der Waals surface area (Å²) in [6, 6.07) is 29.5. The number of nitrogens with zero attached hydrogens (tertiary/aromatic N) is 1. The van der Waals surface area contributed by atoms with E-state index in [1.807, 2.05) is 91.0 Å². The molecule has 1 amide bonds. The van der Waals surface area contributed by atoms with Gasteiger partial charge in [-0.2, -0.15) is 0 Å². The van der Waals surface area contributed by atoms with Crippen LogP contribution in [-0.4, -0.2) is 54.3 Å². The van der Waals surface area contributed by atoms with Crippen LogP contribution < -0.4 is 0 Å². The van der Waals surface area contributed by atoms with Crippen LogP contribution in [0.15, 0.2) is 91.0 Å². The molecule has 41 heavy (non-hydrogen) atoms. The number of hydrogen-bond donors (Lipinski definition) is 0. The molecular formula is C34H39NO6. The average Bonchev–Trinajstić information content (AvgIpc) is 3.60. The fourth-order valence-electron chi connectivity index (χ4n) is 6.22. The number of benzene rings is 3. The second kappa shape index (κ2) is 13.2. The summed E-state index contributed by atoms with van der Waals surface area (Å²) >= 11 is 0. The van der Waals surface area contributed by atoms with Crippen molar-refractivity contribution in [1.82, 2.24) is 4.90 Å². The summed E-state index contributed by atoms with van der Waals surface area (Å²) in [6.45, 7) is 1.77. The van der Waals surface area contributed by atoms with Gasteiger partial charge in [0, 0.05) is 12.8 Å². The molecule has 3 aromatic rings. The van der Waals surface area contributed by atoms with Gasteiger partial charge in [-0.3, -0.25) is 4.90 Å². The maximum Gasteiger partial charge on any atom is 0.410 e. The first-order valence-electron chi connectivity index (χ1n) is 14.8. The minimum atomic E-state index is -0.574. The highest BCUT2D eigenvalue weighted by atomic mass is 16.7. The van der Waals surface area contributed by atoms with E-state index in [1.165, 1.54) is 6.42 Å². The van der Waals surface area contributed by atoms with Gasteiger partial charge in [0.25, 0.3) is 0 Å². The van der Waals surface area contributed by atoms with E-state index in [1.54, 1.807) is 4.90 Å². The van der Waals surface area contributed by atoms with Crippen LogP contribution in [-0.2, 0) is 43.5 Å². The van der Waals surface area contributed by atoms with Crippen molar-refractivity contribution in [3.05, 3.63) is 108 Å². The van der Waals surface area contributed by atoms with Crippen molar-refractivity contribution in [3.8, 4) is 0 Å². The molecule has 2 aliphatic heterocycles. The van der Waals surface area contributed by atoms with E-state index in [4.69, 9.17) is 23.7 Å². The van der Waals surface area contributed by atoms with Crippen LogP contribution >= 0.6 is 0 Å². The molecule has 3 fully saturated rings. The number of rotatable bonds is 9. The molecule has 6 rings (SSSR count). The van der Waals surface area contributed by atoms with E-state index in [9.17, 15) is 4.79 Å². The Labute approximate surface area is 242 Å². The van der Waals surface area contributed by atoms with Crippen molar-refractivity contribution in [2.45, 2.75) is 82.1 Å². The predicted molar refractivity (Wildman–Crippen MR) is 154 cm³/mol. The largest absolute Gasteiger partial charge is 0.445 e. The number of likely N-dealkylation sites (tertiary alicyclic amines) is 1. The summed E-state index contributed by atoms with van der Waals surface area (Å²) < 4.78 is 32.0. The average molecular weight is 558 g/mol. The summed E-state index contributed by atoms with van der Waals surface area (Å²) in [5, 5.41) is 0. The zero-order valence-corrected chi connectivity index (χ0v) is 23.4. The lowest BCUT2D eigenvalue weighted by molar-refractivity contribution is -0.195. The fraction of sp³-hybridized carbons (Fsp3) is 0.441. The van der Waals surface area contributed by atoms with E-state index in [0.29, 0.717) is 26.4 Å². The molecule has 1 aliphatic carbocycles. The Morgan fingerprint density at radius 3 is 1.93 bits per heavy atom. The number of amides is 1. The third kappa shape index (κ3) is 6.81. The first-order valence-corrected chi connectivity index (χ1v) is 14.8. The number of hydrogen-bond acceptors (Lipinski definition) is 6. The van der Waals surface area contributed by atoms with Gasteiger partial charge in [0.1, 0.15) is 24.9 Å². The lowest BCUT2D eigenvalue weighted by atomic mass is 9.94. The number of carbonyl (C=O) groups is 1. The maximum absolute atomic E-state index is 13.7. The Hall–Kier alpha value is -3.23. The minimum Gasteiger partial charge on any atom is -0.445 e. The zero-order chi connectivity index (χ0) is 27.9. The molecule has 3 aliphatic rings. The van der Waals surface area contributed by atoms with Gasteiger partial charge in [0.2, 0.25) is 0 Å². The van der Waals surface area contributed by atoms with E-state index in [-0.39, 0.29) is 18.8 Å². The number of ether oxygens (including phenoxy) is 5. The summed E-state index contributed by atoms with van der Waals surface area (Å²) in [7, 11) is 0. The Bertz CT molecular complexity index is 1230. The maximum atomic E-state index is 13.7. The van der Waals surface area contributed by atoms with Crippen LogP contribution in [0.1, 0.15) is 48.8 Å². The number of carbonyl (C=O) groups excluding carboxylic acids is 1. The highest BCUT2D eigenvalue weighted by Crippen LogP contribution is 2.41. The van der Waals surface area contributed by atoms with Crippen LogP contribution in [0, 0.1) is 0 Å². The second-order valence-corrected chi connectivity index (χ2v) is 11.2. The minimum absolute atomic E-state index is 0.194. The van der Waals surface area contributed by atoms with Gasteiger partial charge in [-0.25, -0.2) is 4.79 Å². The predicted octanol–water partition coefficient (Wildman–Crippen LogP) is 6.25. The topological polar surface area (TPSA) is 66.5 Å². The Morgan fingerprint density at radius 2 is 1.32 bits per heavy atom. The second-order valence-electron chi connectivity index (χ2n) is 11.2. The molecule has 2 heterocycles. The highest BCUT2D eigenvalue weighted by molar-refractivity contribution is 5.69. The summed E-state index contributed by atoms with van der Waals surface area (Å²) in [4.78, 5) is 15.4. The molecule has 7 heteroatoms. The molecular weight excluding hydrogens is 518 g/mol. The lowest BCUT2D eigenvalue weighted by Gasteiger charge is -2.35. The Kier molecular flexibility index (Phi) is 8.97. The third-order valence-electron chi connectivity index (χ3n) is 8.34. The van der Waals surface area contributed by atoms with Gasteiger partial charge in [-0.05, 0) is 29.5 Å². The smallest absolute Gasteiger partial charge is 0.410 e. The molecule has 1 saturated carbocycles. The van der Waals surface area contributed by atoms with Gasteiger partial charge in [-0.15, -0.1) is 0 Å². The van der Waals surface area contributed by atoms with E-state index in [2.05, 4.69) is 0 Å². The molecule has 0 aromatic heterocycles. The summed E-state index contributed by atoms with van der Waals surface area (Å²) in [5.41, 5.74) is 3.06. The van der Waals surface area contributed by atoms with Gasteiger partial charge < -0.3 is 23.7 Å². The van der Waals surface area contributed by atoms with Crippen LogP contribution in [0.3, 0.4) is 0 Å². The van der Waals surface area contributed by atoms with Gasteiger partial charge in [-0.1, -0.05) is 97.4 Å². The van der Waals surface area contributed by atoms with Crippen LogP contribution in [0.2, 0.25) is 0 Å². The summed E-state index contributed by atoms with van der Waals surface area (Å²) in [6.07, 6.45) is 3.58. The Balaban J connectivity index is 1.25. The molecule has 4 atom stereocenters. The van der Waals surface area contributed by atoms with Crippen molar-refractivity contribution >= 4 is 6.09 Å². The summed E-state index contributed by atoms with van der Waals surface area (Å²) in [5.74, 6) is -0.574. The SMILES string of the molecule is O=C(OCc1ccccc1)N1C[C@@H](OCc2ccccc2)[C@@H](OCc2ccccc2)[C@@H]1[C@H]1COC2(CCCCC2)O1. The van der Waals surface area contributed by atoms with Crippen LogP contribution in [0.5, 0.6) is 0 Å². The molecule has 2 saturated heterocycles. The Morgan fingerprint density at radius 1 is 0.756 bits per heavy atom. The molecule has 216 valence electrons. The molecule has 1 spiro atoms. The van der Waals surface area contributed by atoms with Gasteiger partial charge in [0.15, 0.2) is 5.79 Å². The van der Waals surface area contributed by atoms with Crippen LogP contribution in [0.4, 0.5) is 4.79 Å². The van der Waals surface area contributed by atoms with E-state index in [0.717, 1.165) is 42.4 Å². The molecule has 0 unspecified atom stereocenters. The first-order chi connectivity index (χ1) is 20.2. The molecule has 0 N–H and O–H groups in total. The highest BCUT2D eigenvalue weighted by Gasteiger charge is 2.55. The first kappa shape index (κ1) is 27.9. The van der Waals surface area contributed by atoms with Crippen LogP contribution in [0.25, 0.3) is 0 Å². The van der Waals surface area contributed by atoms with Crippen molar-refractivity contribution < 1.29 is 28.5 Å². The quantitative estimate of drug-likeness (QED) is 0.310. The molecule has 0 radical (unpaired) electrons. The van der Waals surface area contributed by atoms with E-state index < -0.39 is 24.0 Å². The van der Waals surface area contributed by atoms with Crippen molar-refractivity contribution in [3.63, 3.8) is 0 Å².